The molecular formula is C17H21N3O2. The molecule has 5 nitrogen and oxygen atoms in total. The molecule has 0 unspecified atom stereocenters. The molecule has 22 heavy (non-hydrogen) atoms. The number of nitrogens with one attached hydrogen (secondary N) is 1. The number of nitrogens with zero attached hydrogens (tertiary/aromatic N) is 1. The molecule has 2 aromatic rings. The molecule has 3 N–H and O–H groups in total. The van der Waals surface area contributed by atoms with Crippen LogP contribution in [0.1, 0.15) is 11.1 Å². The number of hydrogen-bond acceptors (Lipinski definition) is 4. The van der Waals surface area contributed by atoms with Gasteiger partial charge < -0.3 is 20.1 Å². The summed E-state index contributed by atoms with van der Waals surface area (Å²) in [4.78, 5) is 2.04. The van der Waals surface area contributed by atoms with Gasteiger partial charge in [-0.2, -0.15) is 0 Å². The van der Waals surface area contributed by atoms with E-state index in [0.29, 0.717) is 23.7 Å². The highest BCUT2D eigenvalue weighted by Gasteiger charge is 2.13. The largest absolute Gasteiger partial charge is 0.493 e. The SMILES string of the molecule is COc1cccc(C(=N)N)c1OCc1cccc(N(C)C)c1. The lowest BCUT2D eigenvalue weighted by Gasteiger charge is -2.16. The summed E-state index contributed by atoms with van der Waals surface area (Å²) in [5, 5.41) is 7.66. The zero-order valence-corrected chi connectivity index (χ0v) is 13.1. The molecular weight excluding hydrogens is 278 g/mol. The number of methoxy groups -OCH3 is 1. The van der Waals surface area contributed by atoms with Gasteiger partial charge in [-0.1, -0.05) is 18.2 Å². The zero-order valence-electron chi connectivity index (χ0n) is 13.1. The molecule has 0 aromatic heterocycles. The Balaban J connectivity index is 2.24. The maximum Gasteiger partial charge on any atom is 0.172 e. The van der Waals surface area contributed by atoms with Gasteiger partial charge in [0, 0.05) is 19.8 Å². The van der Waals surface area contributed by atoms with Crippen molar-refractivity contribution in [2.45, 2.75) is 6.61 Å². The lowest BCUT2D eigenvalue weighted by Crippen LogP contribution is -2.14. The van der Waals surface area contributed by atoms with Crippen LogP contribution in [0.5, 0.6) is 11.5 Å². The molecule has 0 aliphatic rings. The Bertz CT molecular complexity index is 669. The Labute approximate surface area is 130 Å². The number of ether oxygens (including phenoxy) is 2. The maximum absolute atomic E-state index is 7.66. The van der Waals surface area contributed by atoms with Crippen LogP contribution in [0.2, 0.25) is 0 Å². The zero-order chi connectivity index (χ0) is 16.1. The molecule has 0 saturated heterocycles. The van der Waals surface area contributed by atoms with Crippen molar-refractivity contribution in [3.63, 3.8) is 0 Å². The van der Waals surface area contributed by atoms with Crippen LogP contribution in [-0.4, -0.2) is 27.0 Å². The van der Waals surface area contributed by atoms with Crippen LogP contribution in [0.3, 0.4) is 0 Å². The summed E-state index contributed by atoms with van der Waals surface area (Å²) in [5.41, 5.74) is 8.28. The van der Waals surface area contributed by atoms with Crippen LogP contribution >= 0.6 is 0 Å². The van der Waals surface area contributed by atoms with E-state index in [2.05, 4.69) is 6.07 Å². The molecule has 116 valence electrons. The van der Waals surface area contributed by atoms with Gasteiger partial charge in [0.25, 0.3) is 0 Å². The van der Waals surface area contributed by atoms with Gasteiger partial charge in [-0.05, 0) is 29.8 Å². The Kier molecular flexibility index (Phi) is 4.88. The third-order valence-electron chi connectivity index (χ3n) is 3.30. The van der Waals surface area contributed by atoms with Crippen LogP contribution in [-0.2, 0) is 6.61 Å². The number of nitrogens with two attached hydrogens (primary N) is 1. The van der Waals surface area contributed by atoms with Crippen molar-refractivity contribution in [1.29, 1.82) is 5.41 Å². The van der Waals surface area contributed by atoms with Crippen molar-refractivity contribution >= 4 is 11.5 Å². The van der Waals surface area contributed by atoms with Crippen LogP contribution in [0.15, 0.2) is 42.5 Å². The minimum Gasteiger partial charge on any atom is -0.493 e. The molecule has 0 saturated carbocycles. The number of anilines is 1. The van der Waals surface area contributed by atoms with Gasteiger partial charge in [-0.25, -0.2) is 0 Å². The number of benzene rings is 2. The van der Waals surface area contributed by atoms with Crippen molar-refractivity contribution in [2.24, 2.45) is 5.73 Å². The molecule has 0 spiro atoms. The molecule has 0 bridgehead atoms. The molecule has 0 heterocycles. The van der Waals surface area contributed by atoms with Gasteiger partial charge in [0.2, 0.25) is 0 Å². The second-order valence-electron chi connectivity index (χ2n) is 5.10. The van der Waals surface area contributed by atoms with Crippen molar-refractivity contribution in [3.8, 4) is 11.5 Å². The normalized spacial score (nSPS) is 10.1. The van der Waals surface area contributed by atoms with Crippen molar-refractivity contribution in [1.82, 2.24) is 0 Å². The first kappa shape index (κ1) is 15.7. The quantitative estimate of drug-likeness (QED) is 0.635. The van der Waals surface area contributed by atoms with Crippen LogP contribution < -0.4 is 20.1 Å². The molecule has 0 atom stereocenters. The number of rotatable bonds is 6. The molecule has 0 aliphatic carbocycles. The summed E-state index contributed by atoms with van der Waals surface area (Å²) in [7, 11) is 5.56. The third-order valence-corrected chi connectivity index (χ3v) is 3.30. The van der Waals surface area contributed by atoms with E-state index in [0.717, 1.165) is 11.3 Å². The number of amidine groups is 1. The fourth-order valence-corrected chi connectivity index (χ4v) is 2.12. The maximum atomic E-state index is 7.66. The van der Waals surface area contributed by atoms with Gasteiger partial charge in [-0.15, -0.1) is 0 Å². The van der Waals surface area contributed by atoms with E-state index >= 15 is 0 Å². The summed E-state index contributed by atoms with van der Waals surface area (Å²) in [6.07, 6.45) is 0. The monoisotopic (exact) mass is 299 g/mol. The first-order valence-corrected chi connectivity index (χ1v) is 6.93. The Hall–Kier alpha value is -2.69. The second-order valence-corrected chi connectivity index (χ2v) is 5.10. The van der Waals surface area contributed by atoms with Gasteiger partial charge in [0.15, 0.2) is 11.5 Å². The van der Waals surface area contributed by atoms with E-state index in [1.165, 1.54) is 0 Å². The van der Waals surface area contributed by atoms with Crippen molar-refractivity contribution in [3.05, 3.63) is 53.6 Å². The molecule has 0 radical (unpaired) electrons. The highest BCUT2D eigenvalue weighted by molar-refractivity contribution is 5.98. The van der Waals surface area contributed by atoms with Crippen LogP contribution in [0.4, 0.5) is 5.69 Å². The predicted octanol–water partition coefficient (Wildman–Crippen LogP) is 2.62. The molecule has 2 aromatic carbocycles. The van der Waals surface area contributed by atoms with Crippen LogP contribution in [0, 0.1) is 5.41 Å². The van der Waals surface area contributed by atoms with Crippen molar-refractivity contribution in [2.75, 3.05) is 26.1 Å². The summed E-state index contributed by atoms with van der Waals surface area (Å²) in [5.74, 6) is 1.01. The van der Waals surface area contributed by atoms with Gasteiger partial charge >= 0.3 is 0 Å². The fourth-order valence-electron chi connectivity index (χ4n) is 2.12. The van der Waals surface area contributed by atoms with Gasteiger partial charge in [-0.3, -0.25) is 5.41 Å². The number of hydrogen-bond donors (Lipinski definition) is 2. The topological polar surface area (TPSA) is 71.6 Å². The molecule has 2 rings (SSSR count). The first-order chi connectivity index (χ1) is 10.5. The summed E-state index contributed by atoms with van der Waals surface area (Å²) < 4.78 is 11.2. The standard InChI is InChI=1S/C17H21N3O2/c1-20(2)13-7-4-6-12(10-13)11-22-16-14(17(18)19)8-5-9-15(16)21-3/h4-10H,11H2,1-3H3,(H3,18,19). The predicted molar refractivity (Wildman–Crippen MR) is 89.1 cm³/mol. The van der Waals surface area contributed by atoms with E-state index in [9.17, 15) is 0 Å². The van der Waals surface area contributed by atoms with E-state index in [1.807, 2.05) is 37.2 Å². The molecule has 5 heteroatoms. The lowest BCUT2D eigenvalue weighted by molar-refractivity contribution is 0.284. The highest BCUT2D eigenvalue weighted by Crippen LogP contribution is 2.31. The molecule has 0 aliphatic heterocycles. The lowest BCUT2D eigenvalue weighted by atomic mass is 10.1. The van der Waals surface area contributed by atoms with Gasteiger partial charge in [0.05, 0.1) is 12.7 Å². The minimum absolute atomic E-state index is 0.0454. The summed E-state index contributed by atoms with van der Waals surface area (Å²) in [6, 6.07) is 13.4. The average Bonchev–Trinajstić information content (AvgIpc) is 2.52. The summed E-state index contributed by atoms with van der Waals surface area (Å²) >= 11 is 0. The number of nitrogen functional groups attached to an aromatic ring is 1. The average molecular weight is 299 g/mol. The highest BCUT2D eigenvalue weighted by atomic mass is 16.5. The third kappa shape index (κ3) is 3.49. The Morgan fingerprint density at radius 3 is 2.55 bits per heavy atom. The Morgan fingerprint density at radius 2 is 1.91 bits per heavy atom. The van der Waals surface area contributed by atoms with Gasteiger partial charge in [0.1, 0.15) is 12.4 Å². The van der Waals surface area contributed by atoms with E-state index < -0.39 is 0 Å². The first-order valence-electron chi connectivity index (χ1n) is 6.93. The second kappa shape index (κ2) is 6.85. The fraction of sp³-hybridized carbons (Fsp3) is 0.235. The van der Waals surface area contributed by atoms with E-state index in [-0.39, 0.29) is 5.84 Å². The van der Waals surface area contributed by atoms with E-state index in [1.54, 1.807) is 25.3 Å². The smallest absolute Gasteiger partial charge is 0.172 e. The Morgan fingerprint density at radius 1 is 1.18 bits per heavy atom. The summed E-state index contributed by atoms with van der Waals surface area (Å²) in [6.45, 7) is 0.377. The van der Waals surface area contributed by atoms with Crippen molar-refractivity contribution < 1.29 is 9.47 Å². The van der Waals surface area contributed by atoms with Crippen LogP contribution in [0.25, 0.3) is 0 Å². The van der Waals surface area contributed by atoms with E-state index in [4.69, 9.17) is 20.6 Å². The molecule has 0 fully saturated rings. The number of para-hydroxylation sites is 1. The minimum atomic E-state index is -0.0454. The molecule has 0 amide bonds.